The summed E-state index contributed by atoms with van der Waals surface area (Å²) in [5.74, 6) is 0.334. The SMILES string of the molecule is O=C(NCc1ccsc1)[C@H]1[C@@H]2C[C@@H](CN(CCn3cccn3)C2)c2cccc(=O)n21. The van der Waals surface area contributed by atoms with Crippen LogP contribution in [0.4, 0.5) is 0 Å². The molecule has 1 N–H and O–H groups in total. The van der Waals surface area contributed by atoms with Crippen LogP contribution >= 0.6 is 11.3 Å². The first kappa shape index (κ1) is 19.3. The molecule has 30 heavy (non-hydrogen) atoms. The molecule has 3 atom stereocenters. The van der Waals surface area contributed by atoms with Crippen LogP contribution in [0, 0.1) is 5.92 Å². The molecule has 3 aromatic rings. The number of nitrogens with one attached hydrogen (secondary N) is 1. The van der Waals surface area contributed by atoms with Crippen molar-refractivity contribution in [2.45, 2.75) is 31.5 Å². The molecule has 7 nitrogen and oxygen atoms in total. The maximum atomic E-state index is 13.3. The molecule has 2 bridgehead atoms. The summed E-state index contributed by atoms with van der Waals surface area (Å²) < 4.78 is 3.69. The number of likely N-dealkylation sites (tertiary alicyclic amines) is 1. The Morgan fingerprint density at radius 2 is 2.13 bits per heavy atom. The topological polar surface area (TPSA) is 72.2 Å². The van der Waals surface area contributed by atoms with E-state index in [4.69, 9.17) is 0 Å². The van der Waals surface area contributed by atoms with Gasteiger partial charge in [-0.25, -0.2) is 0 Å². The Balaban J connectivity index is 1.38. The highest BCUT2D eigenvalue weighted by molar-refractivity contribution is 7.07. The molecule has 5 heterocycles. The number of fused-ring (bicyclic) bond motifs is 4. The number of pyridine rings is 1. The molecule has 1 amide bonds. The van der Waals surface area contributed by atoms with Crippen molar-refractivity contribution in [3.8, 4) is 0 Å². The molecule has 3 aromatic heterocycles. The predicted molar refractivity (Wildman–Crippen MR) is 115 cm³/mol. The number of hydrogen-bond acceptors (Lipinski definition) is 5. The molecular weight excluding hydrogens is 398 g/mol. The van der Waals surface area contributed by atoms with Gasteiger partial charge in [-0.15, -0.1) is 0 Å². The second-order valence-electron chi connectivity index (χ2n) is 8.17. The van der Waals surface area contributed by atoms with Crippen LogP contribution in [0.3, 0.4) is 0 Å². The smallest absolute Gasteiger partial charge is 0.251 e. The van der Waals surface area contributed by atoms with Crippen molar-refractivity contribution < 1.29 is 4.79 Å². The molecule has 156 valence electrons. The monoisotopic (exact) mass is 423 g/mol. The predicted octanol–water partition coefficient (Wildman–Crippen LogP) is 2.08. The lowest BCUT2D eigenvalue weighted by atomic mass is 9.78. The van der Waals surface area contributed by atoms with Crippen LogP contribution in [0.5, 0.6) is 0 Å². The first-order valence-corrected chi connectivity index (χ1v) is 11.3. The van der Waals surface area contributed by atoms with Crippen molar-refractivity contribution in [3.05, 3.63) is 75.1 Å². The second kappa shape index (κ2) is 8.20. The number of rotatable bonds is 6. The normalized spacial score (nSPS) is 23.1. The Kier molecular flexibility index (Phi) is 5.26. The molecule has 0 aliphatic carbocycles. The summed E-state index contributed by atoms with van der Waals surface area (Å²) in [6.07, 6.45) is 4.71. The van der Waals surface area contributed by atoms with Crippen LogP contribution in [0.25, 0.3) is 0 Å². The fourth-order valence-corrected chi connectivity index (χ4v) is 5.58. The van der Waals surface area contributed by atoms with Gasteiger partial charge in [0.15, 0.2) is 0 Å². The number of amides is 1. The lowest BCUT2D eigenvalue weighted by Crippen LogP contribution is -2.53. The van der Waals surface area contributed by atoms with Crippen molar-refractivity contribution in [2.75, 3.05) is 19.6 Å². The van der Waals surface area contributed by atoms with Crippen molar-refractivity contribution in [2.24, 2.45) is 5.92 Å². The quantitative estimate of drug-likeness (QED) is 0.659. The minimum absolute atomic E-state index is 0.0619. The fourth-order valence-electron chi connectivity index (χ4n) is 4.91. The number of piperidine rings is 1. The zero-order chi connectivity index (χ0) is 20.5. The van der Waals surface area contributed by atoms with Crippen LogP contribution in [-0.4, -0.2) is 44.8 Å². The van der Waals surface area contributed by atoms with Crippen LogP contribution < -0.4 is 10.9 Å². The Labute approximate surface area is 178 Å². The van der Waals surface area contributed by atoms with E-state index in [0.717, 1.165) is 43.9 Å². The third kappa shape index (κ3) is 3.73. The number of hydrogen-bond donors (Lipinski definition) is 1. The van der Waals surface area contributed by atoms with Crippen molar-refractivity contribution in [1.82, 2.24) is 24.6 Å². The van der Waals surface area contributed by atoms with Crippen LogP contribution in [0.1, 0.15) is 29.6 Å². The Bertz CT molecular complexity index is 1060. The van der Waals surface area contributed by atoms with Gasteiger partial charge in [-0.1, -0.05) is 6.07 Å². The summed E-state index contributed by atoms with van der Waals surface area (Å²) in [5, 5.41) is 11.4. The molecule has 0 aromatic carbocycles. The molecule has 1 saturated heterocycles. The van der Waals surface area contributed by atoms with Crippen LogP contribution in [0.2, 0.25) is 0 Å². The minimum atomic E-state index is -0.462. The first-order valence-electron chi connectivity index (χ1n) is 10.4. The molecule has 0 radical (unpaired) electrons. The van der Waals surface area contributed by atoms with E-state index in [1.807, 2.05) is 45.9 Å². The maximum absolute atomic E-state index is 13.3. The lowest BCUT2D eigenvalue weighted by Gasteiger charge is -2.46. The van der Waals surface area contributed by atoms with Gasteiger partial charge in [-0.05, 0) is 40.9 Å². The van der Waals surface area contributed by atoms with E-state index in [-0.39, 0.29) is 23.3 Å². The maximum Gasteiger partial charge on any atom is 0.251 e. The Morgan fingerprint density at radius 1 is 1.20 bits per heavy atom. The van der Waals surface area contributed by atoms with Crippen LogP contribution in [-0.2, 0) is 17.9 Å². The Morgan fingerprint density at radius 3 is 2.93 bits per heavy atom. The summed E-state index contributed by atoms with van der Waals surface area (Å²) in [7, 11) is 0. The molecule has 0 unspecified atom stereocenters. The number of aromatic nitrogens is 3. The summed E-state index contributed by atoms with van der Waals surface area (Å²) >= 11 is 1.62. The molecule has 0 saturated carbocycles. The van der Waals surface area contributed by atoms with Gasteiger partial charge >= 0.3 is 0 Å². The van der Waals surface area contributed by atoms with Gasteiger partial charge in [0.2, 0.25) is 5.91 Å². The van der Waals surface area contributed by atoms with E-state index in [2.05, 4.69) is 15.3 Å². The van der Waals surface area contributed by atoms with Crippen molar-refractivity contribution in [1.29, 1.82) is 0 Å². The van der Waals surface area contributed by atoms with E-state index >= 15 is 0 Å². The molecule has 8 heteroatoms. The average Bonchev–Trinajstić information content (AvgIpc) is 3.45. The fraction of sp³-hybridized carbons (Fsp3) is 0.409. The van der Waals surface area contributed by atoms with E-state index < -0.39 is 6.04 Å². The highest BCUT2D eigenvalue weighted by Crippen LogP contribution is 2.41. The van der Waals surface area contributed by atoms with Crippen molar-refractivity contribution >= 4 is 17.2 Å². The largest absolute Gasteiger partial charge is 0.350 e. The highest BCUT2D eigenvalue weighted by Gasteiger charge is 2.43. The summed E-state index contributed by atoms with van der Waals surface area (Å²) in [5.41, 5.74) is 1.99. The van der Waals surface area contributed by atoms with E-state index in [1.165, 1.54) is 0 Å². The Hall–Kier alpha value is -2.71. The number of thiophene rings is 1. The lowest BCUT2D eigenvalue weighted by molar-refractivity contribution is -0.128. The minimum Gasteiger partial charge on any atom is -0.350 e. The van der Waals surface area contributed by atoms with Crippen LogP contribution in [0.15, 0.2) is 58.3 Å². The van der Waals surface area contributed by atoms with Gasteiger partial charge in [-0.3, -0.25) is 18.8 Å². The molecule has 2 aliphatic rings. The number of carbonyl (C=O) groups is 1. The van der Waals surface area contributed by atoms with E-state index in [1.54, 1.807) is 28.2 Å². The third-order valence-corrected chi connectivity index (χ3v) is 6.97. The number of nitrogens with zero attached hydrogens (tertiary/aromatic N) is 4. The molecule has 0 spiro atoms. The summed E-state index contributed by atoms with van der Waals surface area (Å²) in [6, 6.07) is 8.88. The first-order chi connectivity index (χ1) is 14.7. The average molecular weight is 424 g/mol. The van der Waals surface area contributed by atoms with Gasteiger partial charge < -0.3 is 10.2 Å². The van der Waals surface area contributed by atoms with Gasteiger partial charge in [0.25, 0.3) is 5.56 Å². The van der Waals surface area contributed by atoms with Gasteiger partial charge in [0, 0.05) is 62.2 Å². The second-order valence-corrected chi connectivity index (χ2v) is 8.95. The molecular formula is C22H25N5O2S. The molecule has 5 rings (SSSR count). The molecule has 2 aliphatic heterocycles. The van der Waals surface area contributed by atoms with Gasteiger partial charge in [0.05, 0.1) is 6.54 Å². The summed E-state index contributed by atoms with van der Waals surface area (Å²) in [4.78, 5) is 28.4. The molecule has 1 fully saturated rings. The zero-order valence-corrected chi connectivity index (χ0v) is 17.5. The third-order valence-electron chi connectivity index (χ3n) is 6.24. The zero-order valence-electron chi connectivity index (χ0n) is 16.7. The number of carbonyl (C=O) groups excluding carboxylic acids is 1. The van der Waals surface area contributed by atoms with E-state index in [0.29, 0.717) is 6.54 Å². The summed E-state index contributed by atoms with van der Waals surface area (Å²) in [6.45, 7) is 3.92. The van der Waals surface area contributed by atoms with Crippen molar-refractivity contribution in [3.63, 3.8) is 0 Å². The highest BCUT2D eigenvalue weighted by atomic mass is 32.1. The van der Waals surface area contributed by atoms with Gasteiger partial charge in [0.1, 0.15) is 6.04 Å². The standard InChI is InChI=1S/C22H25N5O2S/c28-20-4-1-3-19-17-11-18(14-25(13-17)8-9-26-7-2-6-24-26)21(27(19)20)22(29)23-12-16-5-10-30-15-16/h1-7,10,15,17-18,21H,8-9,11-14H2,(H,23,29)/t17-,18+,21+/m0/s1. The van der Waals surface area contributed by atoms with Gasteiger partial charge in [-0.2, -0.15) is 16.4 Å². The van der Waals surface area contributed by atoms with E-state index in [9.17, 15) is 9.59 Å².